The first-order valence-corrected chi connectivity index (χ1v) is 7.41. The minimum Gasteiger partial charge on any atom is -0.351 e. The summed E-state index contributed by atoms with van der Waals surface area (Å²) in [5, 5.41) is 8.40. The van der Waals surface area contributed by atoms with Crippen molar-refractivity contribution in [1.82, 2.24) is 0 Å². The smallest absolute Gasteiger partial charge is 0.325 e. The molecule has 0 aliphatic heterocycles. The first-order valence-electron chi connectivity index (χ1n) is 5.36. The lowest BCUT2D eigenvalue weighted by atomic mass is 9.74. The normalized spacial score (nSPS) is 15.7. The average Bonchev–Trinajstić information content (AvgIpc) is 2.15. The fourth-order valence-electron chi connectivity index (χ4n) is 1.80. The van der Waals surface area contributed by atoms with Crippen LogP contribution in [0.4, 0.5) is 0 Å². The van der Waals surface area contributed by atoms with Crippen LogP contribution in [-0.2, 0) is 9.53 Å². The fraction of sp³-hybridized carbons (Fsp3) is 0.818. The summed E-state index contributed by atoms with van der Waals surface area (Å²) >= 11 is 20.7. The Bertz CT molecular complexity index is 336. The highest BCUT2D eigenvalue weighted by atomic mass is 79.9. The van der Waals surface area contributed by atoms with Crippen molar-refractivity contribution in [3.05, 3.63) is 0 Å². The van der Waals surface area contributed by atoms with E-state index in [1.165, 1.54) is 6.26 Å². The van der Waals surface area contributed by atoms with E-state index in [4.69, 9.17) is 40.1 Å². The lowest BCUT2D eigenvalue weighted by Crippen LogP contribution is -2.39. The molecule has 2 unspecified atom stereocenters. The molecule has 0 aromatic rings. The summed E-state index contributed by atoms with van der Waals surface area (Å²) in [4.78, 5) is 11.5. The third-order valence-corrected chi connectivity index (χ3v) is 4.92. The van der Waals surface area contributed by atoms with E-state index in [0.29, 0.717) is 6.42 Å². The largest absolute Gasteiger partial charge is 0.351 e. The summed E-state index contributed by atoms with van der Waals surface area (Å²) in [5.41, 5.74) is -0.507. The average molecular weight is 380 g/mol. The predicted molar refractivity (Wildman–Crippen MR) is 76.9 cm³/mol. The molecule has 0 aliphatic rings. The second-order valence-corrected chi connectivity index (χ2v) is 8.20. The summed E-state index contributed by atoms with van der Waals surface area (Å²) < 4.78 is 3.01. The Kier molecular flexibility index (Phi) is 7.31. The minimum atomic E-state index is -1.40. The van der Waals surface area contributed by atoms with Gasteiger partial charge in [0.25, 0.3) is 6.26 Å². The topological polar surface area (TPSA) is 50.1 Å². The molecule has 0 spiro atoms. The number of carbonyl (C=O) groups excluding carboxylic acids is 1. The minimum absolute atomic E-state index is 0.200. The van der Waals surface area contributed by atoms with Gasteiger partial charge in [-0.15, -0.1) is 5.26 Å². The Labute approximate surface area is 131 Å². The van der Waals surface area contributed by atoms with Crippen LogP contribution in [0.3, 0.4) is 0 Å². The molecule has 0 N–H and O–H groups in total. The van der Waals surface area contributed by atoms with Crippen molar-refractivity contribution < 1.29 is 9.53 Å². The van der Waals surface area contributed by atoms with Crippen LogP contribution in [0.2, 0.25) is 0 Å². The summed E-state index contributed by atoms with van der Waals surface area (Å²) in [7, 11) is 0. The van der Waals surface area contributed by atoms with Crippen LogP contribution in [-0.4, -0.2) is 14.6 Å². The van der Waals surface area contributed by atoms with Gasteiger partial charge in [-0.3, -0.25) is 4.79 Å². The van der Waals surface area contributed by atoms with Crippen molar-refractivity contribution in [3.63, 3.8) is 0 Å². The van der Waals surface area contributed by atoms with Gasteiger partial charge < -0.3 is 4.74 Å². The Hall–Kier alpha value is 0.310. The molecule has 0 aliphatic carbocycles. The van der Waals surface area contributed by atoms with Crippen LogP contribution in [0.5, 0.6) is 0 Å². The van der Waals surface area contributed by atoms with E-state index >= 15 is 0 Å². The van der Waals surface area contributed by atoms with Gasteiger partial charge in [0.1, 0.15) is 0 Å². The number of halogens is 4. The van der Waals surface area contributed by atoms with Gasteiger partial charge in [0.15, 0.2) is 3.79 Å². The molecule has 0 bridgehead atoms. The number of hydrogen-bond acceptors (Lipinski definition) is 3. The van der Waals surface area contributed by atoms with Gasteiger partial charge in [-0.2, -0.15) is 0 Å². The molecule has 104 valence electrons. The monoisotopic (exact) mass is 377 g/mol. The molecule has 2 atom stereocenters. The number of alkyl halides is 4. The molecule has 0 fully saturated rings. The molecule has 18 heavy (non-hydrogen) atoms. The van der Waals surface area contributed by atoms with E-state index in [0.717, 1.165) is 0 Å². The maximum atomic E-state index is 11.7. The third kappa shape index (κ3) is 5.52. The van der Waals surface area contributed by atoms with Crippen molar-refractivity contribution in [2.24, 2.45) is 11.3 Å². The van der Waals surface area contributed by atoms with Crippen molar-refractivity contribution in [2.75, 3.05) is 0 Å². The van der Waals surface area contributed by atoms with Gasteiger partial charge in [-0.05, 0) is 11.8 Å². The molecule has 0 heterocycles. The molecule has 0 amide bonds. The molecule has 7 heteroatoms. The summed E-state index contributed by atoms with van der Waals surface area (Å²) in [6, 6.07) is 0. The second-order valence-electron chi connectivity index (χ2n) is 4.58. The Balaban J connectivity index is 4.97. The quantitative estimate of drug-likeness (QED) is 0.399. The van der Waals surface area contributed by atoms with Crippen LogP contribution >= 0.6 is 50.7 Å². The highest BCUT2D eigenvalue weighted by molar-refractivity contribution is 9.09. The summed E-state index contributed by atoms with van der Waals surface area (Å²) in [6.45, 7) is 5.59. The van der Waals surface area contributed by atoms with Gasteiger partial charge in [0, 0.05) is 11.2 Å². The Morgan fingerprint density at radius 3 is 2.28 bits per heavy atom. The molecular weight excluding hydrogens is 364 g/mol. The SMILES string of the molecule is CCC(C(=O)OC#N)C(C)(C)C(Br)CC(Cl)(Cl)Cl. The van der Waals surface area contributed by atoms with Crippen molar-refractivity contribution in [1.29, 1.82) is 5.26 Å². The van der Waals surface area contributed by atoms with Gasteiger partial charge in [-0.1, -0.05) is 71.5 Å². The molecule has 0 saturated carbocycles. The van der Waals surface area contributed by atoms with Gasteiger partial charge in [0.05, 0.1) is 5.92 Å². The number of nitrogens with zero attached hydrogens (tertiary/aromatic N) is 1. The molecule has 0 radical (unpaired) electrons. The lowest BCUT2D eigenvalue weighted by molar-refractivity contribution is -0.146. The molecule has 0 rings (SSSR count). The van der Waals surface area contributed by atoms with Crippen LogP contribution < -0.4 is 0 Å². The maximum absolute atomic E-state index is 11.7. The van der Waals surface area contributed by atoms with Gasteiger partial charge >= 0.3 is 5.97 Å². The van der Waals surface area contributed by atoms with E-state index < -0.39 is 21.1 Å². The van der Waals surface area contributed by atoms with E-state index in [-0.39, 0.29) is 11.2 Å². The van der Waals surface area contributed by atoms with Crippen LogP contribution in [0, 0.1) is 22.9 Å². The number of hydrogen-bond donors (Lipinski definition) is 0. The summed E-state index contributed by atoms with van der Waals surface area (Å²) in [6.07, 6.45) is 2.19. The highest BCUT2D eigenvalue weighted by Gasteiger charge is 2.43. The molecule has 0 saturated heterocycles. The van der Waals surface area contributed by atoms with E-state index in [1.807, 2.05) is 20.8 Å². The fourth-order valence-corrected chi connectivity index (χ4v) is 3.62. The maximum Gasteiger partial charge on any atom is 0.325 e. The Morgan fingerprint density at radius 1 is 1.44 bits per heavy atom. The van der Waals surface area contributed by atoms with Crippen molar-refractivity contribution in [2.45, 2.75) is 42.2 Å². The van der Waals surface area contributed by atoms with Crippen molar-refractivity contribution in [3.8, 4) is 6.26 Å². The molecule has 0 aromatic carbocycles. The van der Waals surface area contributed by atoms with Crippen LogP contribution in [0.15, 0.2) is 0 Å². The number of carbonyl (C=O) groups is 1. The predicted octanol–water partition coefficient (Wildman–Crippen LogP) is 4.59. The van der Waals surface area contributed by atoms with Gasteiger partial charge in [-0.25, -0.2) is 0 Å². The molecule has 3 nitrogen and oxygen atoms in total. The van der Waals surface area contributed by atoms with Gasteiger partial charge in [0.2, 0.25) is 0 Å². The highest BCUT2D eigenvalue weighted by Crippen LogP contribution is 2.44. The molecular formula is C11H15BrCl3NO2. The van der Waals surface area contributed by atoms with E-state index in [9.17, 15) is 4.79 Å². The third-order valence-electron chi connectivity index (χ3n) is 2.96. The van der Waals surface area contributed by atoms with Crippen LogP contribution in [0.25, 0.3) is 0 Å². The first kappa shape index (κ1) is 18.3. The standard InChI is InChI=1S/C11H15BrCl3NO2/c1-4-7(9(17)18-6-16)10(2,3)8(12)5-11(13,14)15/h7-8H,4-5H2,1-3H3. The van der Waals surface area contributed by atoms with Crippen LogP contribution in [0.1, 0.15) is 33.6 Å². The first-order chi connectivity index (χ1) is 8.06. The number of nitriles is 1. The number of ether oxygens (including phenoxy) is 1. The number of esters is 1. The van der Waals surface area contributed by atoms with Crippen molar-refractivity contribution >= 4 is 56.7 Å². The van der Waals surface area contributed by atoms with E-state index in [1.54, 1.807) is 0 Å². The second kappa shape index (κ2) is 7.19. The zero-order valence-electron chi connectivity index (χ0n) is 10.3. The molecule has 0 aromatic heterocycles. The van der Waals surface area contributed by atoms with E-state index in [2.05, 4.69) is 20.7 Å². The lowest BCUT2D eigenvalue weighted by Gasteiger charge is -2.37. The zero-order chi connectivity index (χ0) is 14.6. The zero-order valence-corrected chi connectivity index (χ0v) is 14.2. The number of rotatable bonds is 5. The Morgan fingerprint density at radius 2 is 1.94 bits per heavy atom. The summed E-state index contributed by atoms with van der Waals surface area (Å²) in [5.74, 6) is -1.01.